The largest absolute Gasteiger partial charge is 0.457 e. The van der Waals surface area contributed by atoms with Crippen molar-refractivity contribution in [2.24, 2.45) is 5.92 Å². The Morgan fingerprint density at radius 1 is 1.12 bits per heavy atom. The molecule has 3 rings (SSSR count). The smallest absolute Gasteiger partial charge is 0.410 e. The fourth-order valence-corrected chi connectivity index (χ4v) is 3.73. The lowest BCUT2D eigenvalue weighted by atomic mass is 9.91. The number of nitriles is 2. The zero-order valence-corrected chi connectivity index (χ0v) is 19.9. The minimum Gasteiger partial charge on any atom is -0.457 e. The Balaban J connectivity index is 1.74. The molecule has 34 heavy (non-hydrogen) atoms. The first-order valence-corrected chi connectivity index (χ1v) is 11.4. The van der Waals surface area contributed by atoms with Crippen molar-refractivity contribution in [3.63, 3.8) is 0 Å². The number of ether oxygens (including phenoxy) is 2. The Bertz CT molecular complexity index is 1080. The summed E-state index contributed by atoms with van der Waals surface area (Å²) in [4.78, 5) is 15.9. The monoisotopic (exact) mass is 458 g/mol. The maximum atomic E-state index is 12.5. The van der Waals surface area contributed by atoms with E-state index in [4.69, 9.17) is 9.47 Å². The van der Waals surface area contributed by atoms with Crippen LogP contribution in [0.15, 0.2) is 66.4 Å². The van der Waals surface area contributed by atoms with Gasteiger partial charge >= 0.3 is 6.09 Å². The average molecular weight is 459 g/mol. The van der Waals surface area contributed by atoms with Crippen LogP contribution in [0.3, 0.4) is 0 Å². The third kappa shape index (κ3) is 7.02. The predicted molar refractivity (Wildman–Crippen MR) is 130 cm³/mol. The molecule has 0 aromatic heterocycles. The summed E-state index contributed by atoms with van der Waals surface area (Å²) in [5.41, 5.74) is 0.736. The van der Waals surface area contributed by atoms with Crippen LogP contribution in [0.2, 0.25) is 0 Å². The quantitative estimate of drug-likeness (QED) is 0.398. The highest BCUT2D eigenvalue weighted by molar-refractivity contribution is 5.68. The highest BCUT2D eigenvalue weighted by Crippen LogP contribution is 2.28. The molecule has 0 bridgehead atoms. The number of rotatable bonds is 6. The normalized spacial score (nSPS) is 16.2. The Hall–Kier alpha value is -3.97. The summed E-state index contributed by atoms with van der Waals surface area (Å²) >= 11 is 0. The van der Waals surface area contributed by atoms with Crippen molar-refractivity contribution in [2.45, 2.75) is 39.2 Å². The number of para-hydroxylation sites is 1. The molecule has 0 N–H and O–H groups in total. The molecule has 7 heteroatoms. The Labute approximate surface area is 201 Å². The van der Waals surface area contributed by atoms with Gasteiger partial charge < -0.3 is 19.3 Å². The van der Waals surface area contributed by atoms with Gasteiger partial charge in [0.1, 0.15) is 23.6 Å². The van der Waals surface area contributed by atoms with Crippen molar-refractivity contribution in [1.82, 2.24) is 4.90 Å². The molecule has 1 fully saturated rings. The molecule has 1 amide bonds. The van der Waals surface area contributed by atoms with Gasteiger partial charge in [-0.25, -0.2) is 4.79 Å². The molecule has 0 spiro atoms. The van der Waals surface area contributed by atoms with Crippen LogP contribution in [0, 0.1) is 28.6 Å². The molecule has 2 aromatic rings. The number of nitrogens with zero attached hydrogens (tertiary/aromatic N) is 4. The second-order valence-corrected chi connectivity index (χ2v) is 9.16. The third-order valence-electron chi connectivity index (χ3n) is 5.33. The zero-order chi connectivity index (χ0) is 24.6. The minimum atomic E-state index is -0.572. The average Bonchev–Trinajstić information content (AvgIpc) is 2.82. The van der Waals surface area contributed by atoms with Gasteiger partial charge in [-0.1, -0.05) is 18.2 Å². The van der Waals surface area contributed by atoms with Crippen molar-refractivity contribution < 1.29 is 14.3 Å². The van der Waals surface area contributed by atoms with Crippen LogP contribution >= 0.6 is 0 Å². The Kier molecular flexibility index (Phi) is 8.16. The number of carbonyl (C=O) groups is 1. The standard InChI is InChI=1S/C27H30N4O3/c1-27(2,3)34-26(32)31-16-7-8-21(19-31)22(18-29)20-30(17-15-28)23-11-13-25(14-12-23)33-24-9-5-4-6-10-24/h4-6,9-14,20-21H,7-8,16-17,19H2,1-3H3/b22-20+. The van der Waals surface area contributed by atoms with E-state index in [1.165, 1.54) is 0 Å². The summed E-state index contributed by atoms with van der Waals surface area (Å²) in [5.74, 6) is 1.30. The highest BCUT2D eigenvalue weighted by atomic mass is 16.6. The first-order chi connectivity index (χ1) is 16.3. The van der Waals surface area contributed by atoms with Gasteiger partial charge in [0.15, 0.2) is 0 Å². The first-order valence-electron chi connectivity index (χ1n) is 11.4. The molecular weight excluding hydrogens is 428 g/mol. The number of hydrogen-bond donors (Lipinski definition) is 0. The Morgan fingerprint density at radius 3 is 2.41 bits per heavy atom. The van der Waals surface area contributed by atoms with Crippen LogP contribution < -0.4 is 9.64 Å². The third-order valence-corrected chi connectivity index (χ3v) is 5.33. The SMILES string of the molecule is CC(C)(C)OC(=O)N1CCCC(/C(C#N)=C/N(CC#N)c2ccc(Oc3ccccc3)cc2)C1. The van der Waals surface area contributed by atoms with Crippen molar-refractivity contribution in [1.29, 1.82) is 10.5 Å². The number of amides is 1. The van der Waals surface area contributed by atoms with Crippen LogP contribution in [0.5, 0.6) is 11.5 Å². The number of likely N-dealkylation sites (tertiary alicyclic amines) is 1. The van der Waals surface area contributed by atoms with E-state index in [-0.39, 0.29) is 18.6 Å². The van der Waals surface area contributed by atoms with E-state index in [1.54, 1.807) is 16.0 Å². The first kappa shape index (κ1) is 24.7. The highest BCUT2D eigenvalue weighted by Gasteiger charge is 2.29. The molecule has 0 radical (unpaired) electrons. The molecule has 1 atom stereocenters. The van der Waals surface area contributed by atoms with Gasteiger partial charge in [-0.15, -0.1) is 0 Å². The summed E-state index contributed by atoms with van der Waals surface area (Å²) in [6.45, 7) is 6.62. The summed E-state index contributed by atoms with van der Waals surface area (Å²) in [6, 6.07) is 21.3. The van der Waals surface area contributed by atoms with Gasteiger partial charge in [0.2, 0.25) is 0 Å². The zero-order valence-electron chi connectivity index (χ0n) is 19.9. The lowest BCUT2D eigenvalue weighted by molar-refractivity contribution is 0.0184. The molecule has 2 aromatic carbocycles. The molecule has 0 saturated carbocycles. The lowest BCUT2D eigenvalue weighted by Gasteiger charge is -2.34. The van der Waals surface area contributed by atoms with Gasteiger partial charge in [0, 0.05) is 30.9 Å². The van der Waals surface area contributed by atoms with Crippen molar-refractivity contribution in [3.05, 3.63) is 66.4 Å². The molecular formula is C27H30N4O3. The topological polar surface area (TPSA) is 89.6 Å². The van der Waals surface area contributed by atoms with Crippen molar-refractivity contribution in [2.75, 3.05) is 24.5 Å². The summed E-state index contributed by atoms with van der Waals surface area (Å²) in [6.07, 6.45) is 2.94. The van der Waals surface area contributed by atoms with E-state index in [2.05, 4.69) is 12.1 Å². The van der Waals surface area contributed by atoms with Crippen LogP contribution in [-0.4, -0.2) is 36.2 Å². The van der Waals surface area contributed by atoms with E-state index in [0.29, 0.717) is 24.4 Å². The van der Waals surface area contributed by atoms with Crippen LogP contribution in [-0.2, 0) is 4.74 Å². The van der Waals surface area contributed by atoms with E-state index in [0.717, 1.165) is 24.3 Å². The molecule has 7 nitrogen and oxygen atoms in total. The number of carbonyl (C=O) groups excluding carboxylic acids is 1. The van der Waals surface area contributed by atoms with Gasteiger partial charge in [-0.05, 0) is 70.0 Å². The van der Waals surface area contributed by atoms with Gasteiger partial charge in [0.05, 0.1) is 17.7 Å². The fourth-order valence-electron chi connectivity index (χ4n) is 3.73. The maximum absolute atomic E-state index is 12.5. The number of anilines is 1. The van der Waals surface area contributed by atoms with Crippen LogP contribution in [0.25, 0.3) is 0 Å². The summed E-state index contributed by atoms with van der Waals surface area (Å²) < 4.78 is 11.3. The lowest BCUT2D eigenvalue weighted by Crippen LogP contribution is -2.43. The van der Waals surface area contributed by atoms with Crippen molar-refractivity contribution in [3.8, 4) is 23.6 Å². The molecule has 0 aliphatic carbocycles. The van der Waals surface area contributed by atoms with E-state index >= 15 is 0 Å². The molecule has 1 heterocycles. The van der Waals surface area contributed by atoms with E-state index in [1.807, 2.05) is 75.4 Å². The Morgan fingerprint density at radius 2 is 1.79 bits per heavy atom. The molecule has 176 valence electrons. The molecule has 1 aliphatic heterocycles. The molecule has 1 unspecified atom stereocenters. The van der Waals surface area contributed by atoms with E-state index in [9.17, 15) is 15.3 Å². The van der Waals surface area contributed by atoms with E-state index < -0.39 is 5.60 Å². The summed E-state index contributed by atoms with van der Waals surface area (Å²) in [5, 5.41) is 19.2. The van der Waals surface area contributed by atoms with Crippen LogP contribution in [0.1, 0.15) is 33.6 Å². The van der Waals surface area contributed by atoms with Gasteiger partial charge in [-0.2, -0.15) is 10.5 Å². The number of benzene rings is 2. The fraction of sp³-hybridized carbons (Fsp3) is 0.370. The van der Waals surface area contributed by atoms with Crippen LogP contribution in [0.4, 0.5) is 10.5 Å². The predicted octanol–water partition coefficient (Wildman–Crippen LogP) is 5.86. The maximum Gasteiger partial charge on any atom is 0.410 e. The summed E-state index contributed by atoms with van der Waals surface area (Å²) in [7, 11) is 0. The van der Waals surface area contributed by atoms with Gasteiger partial charge in [-0.3, -0.25) is 0 Å². The molecule has 1 saturated heterocycles. The second kappa shape index (κ2) is 11.2. The number of piperidine rings is 1. The minimum absolute atomic E-state index is 0.0899. The molecule has 1 aliphatic rings. The van der Waals surface area contributed by atoms with Gasteiger partial charge in [0.25, 0.3) is 0 Å². The number of hydrogen-bond acceptors (Lipinski definition) is 6. The second-order valence-electron chi connectivity index (χ2n) is 9.16. The van der Waals surface area contributed by atoms with Crippen molar-refractivity contribution >= 4 is 11.8 Å².